The maximum absolute atomic E-state index is 11.8. The Labute approximate surface area is 139 Å². The smallest absolute Gasteiger partial charge is 0.407 e. The van der Waals surface area contributed by atoms with Gasteiger partial charge in [-0.1, -0.05) is 26.7 Å². The molecule has 0 aromatic rings. The van der Waals surface area contributed by atoms with Gasteiger partial charge in [-0.25, -0.2) is 4.79 Å². The number of carboxylic acids is 1. The van der Waals surface area contributed by atoms with Crippen LogP contribution in [0.3, 0.4) is 0 Å². The topological polar surface area (TPSA) is 87.7 Å². The minimum Gasteiger partial charge on any atom is -0.480 e. The van der Waals surface area contributed by atoms with Crippen molar-refractivity contribution in [1.82, 2.24) is 10.6 Å². The van der Waals surface area contributed by atoms with Crippen LogP contribution in [-0.2, 0) is 9.53 Å². The molecule has 0 saturated heterocycles. The molecule has 3 N–H and O–H groups in total. The zero-order valence-electron chi connectivity index (χ0n) is 15.0. The quantitative estimate of drug-likeness (QED) is 0.698. The number of carboxylic acid groups (broad SMARTS) is 1. The Bertz CT molecular complexity index is 404. The van der Waals surface area contributed by atoms with Crippen molar-refractivity contribution in [2.45, 2.75) is 78.0 Å². The SMILES string of the molecule is CC(C)C(NC1CCCCC1CNC(=O)OC(C)(C)C)C(=O)O. The molecule has 0 aromatic heterocycles. The Morgan fingerprint density at radius 2 is 1.83 bits per heavy atom. The average Bonchev–Trinajstić information content (AvgIpc) is 2.40. The van der Waals surface area contributed by atoms with E-state index in [0.29, 0.717) is 6.54 Å². The summed E-state index contributed by atoms with van der Waals surface area (Å²) in [6, 6.07) is -0.440. The van der Waals surface area contributed by atoms with Crippen LogP contribution >= 0.6 is 0 Å². The standard InChI is InChI=1S/C17H32N2O4/c1-11(2)14(15(20)21)19-13-9-7-6-8-12(13)10-18-16(22)23-17(3,4)5/h11-14,19H,6-10H2,1-5H3,(H,18,22)(H,20,21). The predicted octanol–water partition coefficient (Wildman–Crippen LogP) is 2.77. The van der Waals surface area contributed by atoms with Gasteiger partial charge in [0.25, 0.3) is 0 Å². The van der Waals surface area contributed by atoms with E-state index in [2.05, 4.69) is 10.6 Å². The fourth-order valence-electron chi connectivity index (χ4n) is 2.98. The molecule has 1 rings (SSSR count). The van der Waals surface area contributed by atoms with Crippen LogP contribution in [0.15, 0.2) is 0 Å². The van der Waals surface area contributed by atoms with Crippen LogP contribution in [0, 0.1) is 11.8 Å². The van der Waals surface area contributed by atoms with E-state index in [1.54, 1.807) is 0 Å². The normalized spacial score (nSPS) is 23.4. The van der Waals surface area contributed by atoms with Gasteiger partial charge in [-0.05, 0) is 45.4 Å². The molecular formula is C17H32N2O4. The number of carbonyl (C=O) groups is 2. The average molecular weight is 328 g/mol. The van der Waals surface area contributed by atoms with Crippen molar-refractivity contribution in [2.75, 3.05) is 6.54 Å². The molecule has 6 nitrogen and oxygen atoms in total. The number of alkyl carbamates (subject to hydrolysis) is 1. The van der Waals surface area contributed by atoms with Gasteiger partial charge in [0, 0.05) is 12.6 Å². The Hall–Kier alpha value is -1.30. The molecule has 0 aromatic carbocycles. The molecule has 3 unspecified atom stereocenters. The monoisotopic (exact) mass is 328 g/mol. The van der Waals surface area contributed by atoms with Crippen LogP contribution in [0.25, 0.3) is 0 Å². The lowest BCUT2D eigenvalue weighted by Crippen LogP contribution is -2.52. The van der Waals surface area contributed by atoms with E-state index < -0.39 is 23.7 Å². The largest absolute Gasteiger partial charge is 0.480 e. The van der Waals surface area contributed by atoms with Gasteiger partial charge in [0.2, 0.25) is 0 Å². The van der Waals surface area contributed by atoms with E-state index in [1.807, 2.05) is 34.6 Å². The molecular weight excluding hydrogens is 296 g/mol. The highest BCUT2D eigenvalue weighted by molar-refractivity contribution is 5.73. The fraction of sp³-hybridized carbons (Fsp3) is 0.882. The molecule has 1 aliphatic rings. The Morgan fingerprint density at radius 1 is 1.22 bits per heavy atom. The zero-order valence-corrected chi connectivity index (χ0v) is 15.0. The van der Waals surface area contributed by atoms with Crippen LogP contribution in [0.5, 0.6) is 0 Å². The maximum atomic E-state index is 11.8. The lowest BCUT2D eigenvalue weighted by Gasteiger charge is -2.35. The van der Waals surface area contributed by atoms with Crippen LogP contribution in [-0.4, -0.2) is 41.4 Å². The summed E-state index contributed by atoms with van der Waals surface area (Å²) in [4.78, 5) is 23.2. The second-order valence-electron chi connectivity index (χ2n) is 7.76. The third-order valence-corrected chi connectivity index (χ3v) is 4.14. The molecule has 0 heterocycles. The Balaban J connectivity index is 2.57. The molecule has 0 aliphatic heterocycles. The first-order valence-electron chi connectivity index (χ1n) is 8.56. The molecule has 1 amide bonds. The molecule has 1 aliphatic carbocycles. The van der Waals surface area contributed by atoms with Gasteiger partial charge in [-0.3, -0.25) is 4.79 Å². The van der Waals surface area contributed by atoms with E-state index in [0.717, 1.165) is 25.7 Å². The maximum Gasteiger partial charge on any atom is 0.407 e. The van der Waals surface area contributed by atoms with Crippen LogP contribution in [0.4, 0.5) is 4.79 Å². The summed E-state index contributed by atoms with van der Waals surface area (Å²) in [5, 5.41) is 15.5. The summed E-state index contributed by atoms with van der Waals surface area (Å²) < 4.78 is 5.26. The van der Waals surface area contributed by atoms with E-state index in [4.69, 9.17) is 4.74 Å². The number of hydrogen-bond acceptors (Lipinski definition) is 4. The van der Waals surface area contributed by atoms with E-state index in [-0.39, 0.29) is 17.9 Å². The van der Waals surface area contributed by atoms with Crippen molar-refractivity contribution in [2.24, 2.45) is 11.8 Å². The first kappa shape index (κ1) is 19.7. The highest BCUT2D eigenvalue weighted by Crippen LogP contribution is 2.25. The lowest BCUT2D eigenvalue weighted by molar-refractivity contribution is -0.141. The Kier molecular flexibility index (Phi) is 7.32. The summed E-state index contributed by atoms with van der Waals surface area (Å²) in [7, 11) is 0. The number of nitrogens with one attached hydrogen (secondary N) is 2. The number of rotatable bonds is 6. The van der Waals surface area contributed by atoms with Crippen LogP contribution in [0.2, 0.25) is 0 Å². The molecule has 23 heavy (non-hydrogen) atoms. The number of aliphatic carboxylic acids is 1. The summed E-state index contributed by atoms with van der Waals surface area (Å²) in [6.45, 7) is 9.81. The van der Waals surface area contributed by atoms with Crippen molar-refractivity contribution in [3.63, 3.8) is 0 Å². The van der Waals surface area contributed by atoms with Crippen LogP contribution < -0.4 is 10.6 Å². The Morgan fingerprint density at radius 3 is 2.35 bits per heavy atom. The lowest BCUT2D eigenvalue weighted by atomic mass is 9.83. The molecule has 1 fully saturated rings. The molecule has 0 spiro atoms. The summed E-state index contributed by atoms with van der Waals surface area (Å²) >= 11 is 0. The molecule has 0 radical (unpaired) electrons. The molecule has 3 atom stereocenters. The third kappa shape index (κ3) is 7.20. The van der Waals surface area contributed by atoms with Crippen molar-refractivity contribution in [1.29, 1.82) is 0 Å². The van der Waals surface area contributed by atoms with Crippen molar-refractivity contribution in [3.8, 4) is 0 Å². The zero-order chi connectivity index (χ0) is 17.6. The third-order valence-electron chi connectivity index (χ3n) is 4.14. The minimum atomic E-state index is -0.815. The van der Waals surface area contributed by atoms with Gasteiger partial charge in [-0.15, -0.1) is 0 Å². The summed E-state index contributed by atoms with van der Waals surface area (Å²) in [5.74, 6) is -0.560. The number of amides is 1. The summed E-state index contributed by atoms with van der Waals surface area (Å²) in [6.07, 6.45) is 3.71. The second kappa shape index (κ2) is 8.52. The van der Waals surface area contributed by atoms with E-state index in [1.165, 1.54) is 0 Å². The van der Waals surface area contributed by atoms with Crippen molar-refractivity contribution in [3.05, 3.63) is 0 Å². The molecule has 1 saturated carbocycles. The predicted molar refractivity (Wildman–Crippen MR) is 89.4 cm³/mol. The van der Waals surface area contributed by atoms with E-state index >= 15 is 0 Å². The highest BCUT2D eigenvalue weighted by atomic mass is 16.6. The second-order valence-corrected chi connectivity index (χ2v) is 7.76. The first-order valence-corrected chi connectivity index (χ1v) is 8.56. The molecule has 134 valence electrons. The van der Waals surface area contributed by atoms with Gasteiger partial charge in [0.05, 0.1) is 0 Å². The van der Waals surface area contributed by atoms with Crippen LogP contribution in [0.1, 0.15) is 60.3 Å². The van der Waals surface area contributed by atoms with E-state index in [9.17, 15) is 14.7 Å². The molecule has 0 bridgehead atoms. The van der Waals surface area contributed by atoms with Crippen molar-refractivity contribution < 1.29 is 19.4 Å². The van der Waals surface area contributed by atoms with Gasteiger partial charge < -0.3 is 20.5 Å². The fourth-order valence-corrected chi connectivity index (χ4v) is 2.98. The number of ether oxygens (including phenoxy) is 1. The van der Waals surface area contributed by atoms with Gasteiger partial charge in [0.1, 0.15) is 11.6 Å². The first-order chi connectivity index (χ1) is 10.6. The number of carbonyl (C=O) groups excluding carboxylic acids is 1. The van der Waals surface area contributed by atoms with Gasteiger partial charge in [-0.2, -0.15) is 0 Å². The molecule has 6 heteroatoms. The highest BCUT2D eigenvalue weighted by Gasteiger charge is 2.31. The van der Waals surface area contributed by atoms with Gasteiger partial charge >= 0.3 is 12.1 Å². The number of hydrogen-bond donors (Lipinski definition) is 3. The summed E-state index contributed by atoms with van der Waals surface area (Å²) in [5.41, 5.74) is -0.514. The van der Waals surface area contributed by atoms with Gasteiger partial charge in [0.15, 0.2) is 0 Å². The van der Waals surface area contributed by atoms with Crippen molar-refractivity contribution >= 4 is 12.1 Å². The minimum absolute atomic E-state index is 0.0221.